The molecule has 2 aromatic rings. The van der Waals surface area contributed by atoms with Gasteiger partial charge >= 0.3 is 0 Å². The van der Waals surface area contributed by atoms with Gasteiger partial charge in [-0.05, 0) is 37.1 Å². The zero-order valence-corrected chi connectivity index (χ0v) is 11.2. The average molecular weight is 274 g/mol. The zero-order chi connectivity index (χ0) is 12.9. The van der Waals surface area contributed by atoms with Crippen LogP contribution < -0.4 is 5.32 Å². The minimum Gasteiger partial charge on any atom is -0.355 e. The Morgan fingerprint density at radius 3 is 2.95 bits per heavy atom. The SMILES string of the molecule is O=C(NC1CC1)C1(c2cc(-c3cccs3)on2)CC1. The maximum absolute atomic E-state index is 12.3. The molecule has 5 heteroatoms. The Hall–Kier alpha value is -1.62. The van der Waals surface area contributed by atoms with Crippen LogP contribution in [0.15, 0.2) is 28.1 Å². The average Bonchev–Trinajstić information content (AvgIpc) is 3.28. The predicted molar refractivity (Wildman–Crippen MR) is 71.9 cm³/mol. The van der Waals surface area contributed by atoms with Gasteiger partial charge in [0.1, 0.15) is 0 Å². The van der Waals surface area contributed by atoms with E-state index in [1.165, 1.54) is 0 Å². The van der Waals surface area contributed by atoms with E-state index >= 15 is 0 Å². The highest BCUT2D eigenvalue weighted by Gasteiger charge is 2.54. The van der Waals surface area contributed by atoms with Crippen molar-refractivity contribution in [1.29, 1.82) is 0 Å². The molecule has 4 rings (SSSR count). The van der Waals surface area contributed by atoms with E-state index in [1.807, 2.05) is 23.6 Å². The molecule has 0 bridgehead atoms. The lowest BCUT2D eigenvalue weighted by Gasteiger charge is -2.11. The third-order valence-corrected chi connectivity index (χ3v) is 4.75. The zero-order valence-electron chi connectivity index (χ0n) is 10.4. The second-order valence-electron chi connectivity index (χ2n) is 5.38. The van der Waals surface area contributed by atoms with Crippen LogP contribution in [0.2, 0.25) is 0 Å². The smallest absolute Gasteiger partial charge is 0.232 e. The van der Waals surface area contributed by atoms with Crippen LogP contribution in [0.25, 0.3) is 10.6 Å². The van der Waals surface area contributed by atoms with Crippen molar-refractivity contribution >= 4 is 17.2 Å². The monoisotopic (exact) mass is 274 g/mol. The van der Waals surface area contributed by atoms with Gasteiger partial charge in [-0.1, -0.05) is 11.2 Å². The molecule has 0 radical (unpaired) electrons. The quantitative estimate of drug-likeness (QED) is 0.932. The van der Waals surface area contributed by atoms with Gasteiger partial charge in [-0.3, -0.25) is 4.79 Å². The summed E-state index contributed by atoms with van der Waals surface area (Å²) in [6.07, 6.45) is 3.98. The molecule has 2 aromatic heterocycles. The Kier molecular flexibility index (Phi) is 2.33. The van der Waals surface area contributed by atoms with E-state index in [9.17, 15) is 4.79 Å². The molecule has 0 unspecified atom stereocenters. The molecule has 98 valence electrons. The van der Waals surface area contributed by atoms with E-state index in [2.05, 4.69) is 10.5 Å². The van der Waals surface area contributed by atoms with Gasteiger partial charge in [0.2, 0.25) is 5.91 Å². The van der Waals surface area contributed by atoms with Crippen LogP contribution in [-0.4, -0.2) is 17.1 Å². The second kappa shape index (κ2) is 3.93. The van der Waals surface area contributed by atoms with Crippen LogP contribution in [0.4, 0.5) is 0 Å². The van der Waals surface area contributed by atoms with Crippen molar-refractivity contribution in [2.45, 2.75) is 37.1 Å². The standard InChI is InChI=1S/C14H14N2O2S/c17-13(15-9-3-4-9)14(5-6-14)12-8-10(18-16-12)11-2-1-7-19-11/h1-2,7-9H,3-6H2,(H,15,17). The largest absolute Gasteiger partial charge is 0.355 e. The molecular weight excluding hydrogens is 260 g/mol. The Morgan fingerprint density at radius 1 is 1.47 bits per heavy atom. The van der Waals surface area contributed by atoms with Crippen LogP contribution in [0.3, 0.4) is 0 Å². The number of rotatable bonds is 4. The van der Waals surface area contributed by atoms with E-state index in [4.69, 9.17) is 4.52 Å². The second-order valence-corrected chi connectivity index (χ2v) is 6.33. The highest BCUT2D eigenvalue weighted by molar-refractivity contribution is 7.13. The summed E-state index contributed by atoms with van der Waals surface area (Å²) in [5, 5.41) is 9.21. The summed E-state index contributed by atoms with van der Waals surface area (Å²) < 4.78 is 5.39. The Labute approximate surface area is 114 Å². The molecule has 1 N–H and O–H groups in total. The first-order valence-electron chi connectivity index (χ1n) is 6.60. The number of thiophene rings is 1. The molecule has 0 atom stereocenters. The number of hydrogen-bond acceptors (Lipinski definition) is 4. The number of nitrogens with zero attached hydrogens (tertiary/aromatic N) is 1. The molecule has 2 aliphatic carbocycles. The third kappa shape index (κ3) is 1.89. The maximum Gasteiger partial charge on any atom is 0.232 e. The Morgan fingerprint density at radius 2 is 2.32 bits per heavy atom. The van der Waals surface area contributed by atoms with Gasteiger partial charge in [-0.2, -0.15) is 0 Å². The summed E-state index contributed by atoms with van der Waals surface area (Å²) in [6.45, 7) is 0. The highest BCUT2D eigenvalue weighted by atomic mass is 32.1. The highest BCUT2D eigenvalue weighted by Crippen LogP contribution is 2.49. The number of aromatic nitrogens is 1. The summed E-state index contributed by atoms with van der Waals surface area (Å²) in [4.78, 5) is 13.3. The molecule has 2 fully saturated rings. The van der Waals surface area contributed by atoms with E-state index in [-0.39, 0.29) is 5.91 Å². The van der Waals surface area contributed by atoms with Gasteiger partial charge < -0.3 is 9.84 Å². The van der Waals surface area contributed by atoms with Crippen molar-refractivity contribution in [2.75, 3.05) is 0 Å². The van der Waals surface area contributed by atoms with Crippen molar-refractivity contribution in [3.8, 4) is 10.6 Å². The topological polar surface area (TPSA) is 55.1 Å². The lowest BCUT2D eigenvalue weighted by atomic mass is 10.0. The van der Waals surface area contributed by atoms with Crippen LogP contribution in [0.5, 0.6) is 0 Å². The van der Waals surface area contributed by atoms with Crippen molar-refractivity contribution in [2.24, 2.45) is 0 Å². The van der Waals surface area contributed by atoms with Gasteiger partial charge in [0, 0.05) is 12.1 Å². The first-order valence-corrected chi connectivity index (χ1v) is 7.48. The molecule has 1 amide bonds. The lowest BCUT2D eigenvalue weighted by molar-refractivity contribution is -0.123. The minimum absolute atomic E-state index is 0.126. The van der Waals surface area contributed by atoms with Crippen LogP contribution >= 0.6 is 11.3 Å². The van der Waals surface area contributed by atoms with Crippen molar-refractivity contribution < 1.29 is 9.32 Å². The molecule has 19 heavy (non-hydrogen) atoms. The van der Waals surface area contributed by atoms with Crippen molar-refractivity contribution in [1.82, 2.24) is 10.5 Å². The molecular formula is C14H14N2O2S. The lowest BCUT2D eigenvalue weighted by Crippen LogP contribution is -2.36. The summed E-state index contributed by atoms with van der Waals surface area (Å²) in [7, 11) is 0. The minimum atomic E-state index is -0.415. The van der Waals surface area contributed by atoms with Gasteiger partial charge in [-0.25, -0.2) is 0 Å². The molecule has 0 aromatic carbocycles. The first kappa shape index (κ1) is 11.2. The number of nitrogens with one attached hydrogen (secondary N) is 1. The van der Waals surface area contributed by atoms with Gasteiger partial charge in [-0.15, -0.1) is 11.3 Å². The number of carbonyl (C=O) groups excluding carboxylic acids is 1. The third-order valence-electron chi connectivity index (χ3n) is 3.86. The number of carbonyl (C=O) groups is 1. The van der Waals surface area contributed by atoms with Crippen LogP contribution in [-0.2, 0) is 10.2 Å². The summed E-state index contributed by atoms with van der Waals surface area (Å²) in [5.41, 5.74) is 0.371. The van der Waals surface area contributed by atoms with Crippen molar-refractivity contribution in [3.05, 3.63) is 29.3 Å². The normalized spacial score (nSPS) is 20.2. The first-order chi connectivity index (χ1) is 9.28. The van der Waals surface area contributed by atoms with E-state index in [0.717, 1.165) is 42.0 Å². The molecule has 0 spiro atoms. The predicted octanol–water partition coefficient (Wildman–Crippen LogP) is 2.71. The Bertz CT molecular complexity index is 609. The molecule has 0 aliphatic heterocycles. The number of amides is 1. The van der Waals surface area contributed by atoms with Gasteiger partial charge in [0.15, 0.2) is 5.76 Å². The molecule has 2 saturated carbocycles. The van der Waals surface area contributed by atoms with Crippen LogP contribution in [0.1, 0.15) is 31.4 Å². The molecule has 4 nitrogen and oxygen atoms in total. The van der Waals surface area contributed by atoms with Crippen molar-refractivity contribution in [3.63, 3.8) is 0 Å². The maximum atomic E-state index is 12.3. The fourth-order valence-corrected chi connectivity index (χ4v) is 2.98. The van der Waals surface area contributed by atoms with Gasteiger partial charge in [0.25, 0.3) is 0 Å². The van der Waals surface area contributed by atoms with E-state index < -0.39 is 5.41 Å². The molecule has 2 heterocycles. The summed E-state index contributed by atoms with van der Waals surface area (Å²) in [5.74, 6) is 0.886. The number of hydrogen-bond donors (Lipinski definition) is 1. The Balaban J connectivity index is 1.60. The summed E-state index contributed by atoms with van der Waals surface area (Å²) in [6, 6.07) is 6.30. The fraction of sp³-hybridized carbons (Fsp3) is 0.429. The van der Waals surface area contributed by atoms with Crippen LogP contribution in [0, 0.1) is 0 Å². The molecule has 2 aliphatic rings. The fourth-order valence-electron chi connectivity index (χ4n) is 2.31. The summed E-state index contributed by atoms with van der Waals surface area (Å²) >= 11 is 1.62. The van der Waals surface area contributed by atoms with Gasteiger partial charge in [0.05, 0.1) is 16.0 Å². The van der Waals surface area contributed by atoms with E-state index in [0.29, 0.717) is 6.04 Å². The van der Waals surface area contributed by atoms with E-state index in [1.54, 1.807) is 11.3 Å². The molecule has 0 saturated heterocycles.